The predicted octanol–water partition coefficient (Wildman–Crippen LogP) is 6.65. The highest BCUT2D eigenvalue weighted by molar-refractivity contribution is 9.10. The van der Waals surface area contributed by atoms with Crippen LogP contribution >= 0.6 is 27.3 Å². The number of aromatic nitrogens is 1. The largest absolute Gasteiger partial charge is 0.507 e. The quantitative estimate of drug-likeness (QED) is 0.162. The predicted molar refractivity (Wildman–Crippen MR) is 146 cm³/mol. The first-order valence-corrected chi connectivity index (χ1v) is 13.2. The zero-order valence-corrected chi connectivity index (χ0v) is 22.1. The fourth-order valence-corrected chi connectivity index (χ4v) is 5.81. The Balaban J connectivity index is 1.68. The zero-order valence-electron chi connectivity index (χ0n) is 19.7. The standard InChI is InChI=1S/C28H23BrN2O4S/c1-3-16-8-13-21-22(14-16)36-28(30-21)31-24(18-6-5-7-19(29)15-18)23(26(33)27(31)34)25(32)17-9-11-20(12-10-17)35-4-2/h5-15,24,32H,3-4H2,1-2H3/b25-23+/t24-/m0/s1. The number of nitrogens with zero attached hydrogens (tertiary/aromatic N) is 2. The molecule has 0 spiro atoms. The number of carbonyl (C=O) groups is 2. The van der Waals surface area contributed by atoms with Crippen LogP contribution in [-0.4, -0.2) is 28.4 Å². The summed E-state index contributed by atoms with van der Waals surface area (Å²) in [4.78, 5) is 32.9. The van der Waals surface area contributed by atoms with E-state index in [0.717, 1.165) is 21.1 Å². The molecule has 0 bridgehead atoms. The molecular weight excluding hydrogens is 540 g/mol. The lowest BCUT2D eigenvalue weighted by Gasteiger charge is -2.23. The monoisotopic (exact) mass is 562 g/mol. The number of ether oxygens (including phenoxy) is 1. The lowest BCUT2D eigenvalue weighted by molar-refractivity contribution is -0.132. The molecule has 5 rings (SSSR count). The lowest BCUT2D eigenvalue weighted by Crippen LogP contribution is -2.29. The first-order chi connectivity index (χ1) is 17.4. The Morgan fingerprint density at radius 2 is 1.86 bits per heavy atom. The van der Waals surface area contributed by atoms with Crippen LogP contribution in [0.5, 0.6) is 5.75 Å². The average Bonchev–Trinajstić information content (AvgIpc) is 3.42. The maximum Gasteiger partial charge on any atom is 0.301 e. The number of halogens is 1. The van der Waals surface area contributed by atoms with Crippen molar-refractivity contribution in [1.29, 1.82) is 0 Å². The number of carbonyl (C=O) groups excluding carboxylic acids is 2. The molecule has 1 amide bonds. The molecule has 1 fully saturated rings. The third-order valence-electron chi connectivity index (χ3n) is 6.10. The normalized spacial score (nSPS) is 17.2. The van der Waals surface area contributed by atoms with Gasteiger partial charge in [0.25, 0.3) is 5.78 Å². The van der Waals surface area contributed by atoms with Gasteiger partial charge in [-0.1, -0.05) is 52.4 Å². The molecule has 1 N–H and O–H groups in total. The van der Waals surface area contributed by atoms with E-state index in [1.807, 2.05) is 43.3 Å². The van der Waals surface area contributed by atoms with Crippen LogP contribution in [0.2, 0.25) is 0 Å². The van der Waals surface area contributed by atoms with Crippen molar-refractivity contribution in [3.63, 3.8) is 0 Å². The van der Waals surface area contributed by atoms with Crippen molar-refractivity contribution in [2.45, 2.75) is 26.3 Å². The number of aliphatic hydroxyl groups is 1. The van der Waals surface area contributed by atoms with E-state index in [1.54, 1.807) is 24.3 Å². The second kappa shape index (κ2) is 9.87. The number of fused-ring (bicyclic) bond motifs is 1. The summed E-state index contributed by atoms with van der Waals surface area (Å²) in [7, 11) is 0. The Morgan fingerprint density at radius 1 is 1.08 bits per heavy atom. The van der Waals surface area contributed by atoms with Crippen molar-refractivity contribution >= 4 is 60.1 Å². The van der Waals surface area contributed by atoms with Gasteiger partial charge in [-0.05, 0) is 73.0 Å². The van der Waals surface area contributed by atoms with Crippen LogP contribution in [0.15, 0.2) is 76.8 Å². The van der Waals surface area contributed by atoms with Gasteiger partial charge in [-0.3, -0.25) is 14.5 Å². The van der Waals surface area contributed by atoms with Crippen LogP contribution < -0.4 is 9.64 Å². The van der Waals surface area contributed by atoms with E-state index in [4.69, 9.17) is 9.72 Å². The molecule has 2 heterocycles. The summed E-state index contributed by atoms with van der Waals surface area (Å²) >= 11 is 4.85. The van der Waals surface area contributed by atoms with Gasteiger partial charge in [-0.15, -0.1) is 0 Å². The molecule has 0 unspecified atom stereocenters. The SMILES string of the molecule is CCOc1ccc(/C(O)=C2\C(=O)C(=O)N(c3nc4ccc(CC)cc4s3)[C@H]2c2cccc(Br)c2)cc1. The topological polar surface area (TPSA) is 79.7 Å². The van der Waals surface area contributed by atoms with E-state index in [9.17, 15) is 14.7 Å². The number of aliphatic hydroxyl groups excluding tert-OH is 1. The first-order valence-electron chi connectivity index (χ1n) is 11.6. The van der Waals surface area contributed by atoms with Gasteiger partial charge in [0.15, 0.2) is 5.13 Å². The Kier molecular flexibility index (Phi) is 6.64. The zero-order chi connectivity index (χ0) is 25.4. The number of thiazole rings is 1. The average molecular weight is 563 g/mol. The van der Waals surface area contributed by atoms with E-state index >= 15 is 0 Å². The Bertz CT molecular complexity index is 1510. The molecule has 8 heteroatoms. The minimum Gasteiger partial charge on any atom is -0.507 e. The van der Waals surface area contributed by atoms with Crippen molar-refractivity contribution in [2.24, 2.45) is 0 Å². The molecule has 1 saturated heterocycles. The Morgan fingerprint density at radius 3 is 2.56 bits per heavy atom. The van der Waals surface area contributed by atoms with E-state index in [1.165, 1.54) is 21.8 Å². The minimum absolute atomic E-state index is 0.0239. The molecule has 4 aromatic rings. The number of Topliss-reactive ketones (excluding diaryl/α,β-unsaturated/α-hetero) is 1. The van der Waals surface area contributed by atoms with Crippen LogP contribution in [-0.2, 0) is 16.0 Å². The highest BCUT2D eigenvalue weighted by Crippen LogP contribution is 2.44. The Labute approximate surface area is 221 Å². The first kappa shape index (κ1) is 24.2. The summed E-state index contributed by atoms with van der Waals surface area (Å²) in [5.41, 5.74) is 3.06. The van der Waals surface area contributed by atoms with Gasteiger partial charge in [0.05, 0.1) is 28.4 Å². The van der Waals surface area contributed by atoms with Gasteiger partial charge in [-0.25, -0.2) is 4.98 Å². The maximum absolute atomic E-state index is 13.4. The van der Waals surface area contributed by atoms with Crippen LogP contribution in [0.1, 0.15) is 36.6 Å². The Hall–Kier alpha value is -3.49. The molecule has 1 atom stereocenters. The molecule has 182 valence electrons. The van der Waals surface area contributed by atoms with Crippen LogP contribution in [0, 0.1) is 0 Å². The summed E-state index contributed by atoms with van der Waals surface area (Å²) in [6, 6.07) is 19.3. The fourth-order valence-electron chi connectivity index (χ4n) is 4.33. The van der Waals surface area contributed by atoms with E-state index in [-0.39, 0.29) is 11.3 Å². The van der Waals surface area contributed by atoms with E-state index in [2.05, 4.69) is 28.9 Å². The summed E-state index contributed by atoms with van der Waals surface area (Å²) in [6.07, 6.45) is 0.883. The number of aryl methyl sites for hydroxylation is 1. The third kappa shape index (κ3) is 4.31. The maximum atomic E-state index is 13.4. The molecule has 3 aromatic carbocycles. The molecule has 1 aliphatic heterocycles. The van der Waals surface area contributed by atoms with Gasteiger partial charge in [0.1, 0.15) is 11.5 Å². The van der Waals surface area contributed by atoms with Crippen molar-refractivity contribution in [3.8, 4) is 5.75 Å². The number of hydrogen-bond donors (Lipinski definition) is 1. The highest BCUT2D eigenvalue weighted by atomic mass is 79.9. The number of amides is 1. The van der Waals surface area contributed by atoms with E-state index < -0.39 is 17.7 Å². The number of benzene rings is 3. The summed E-state index contributed by atoms with van der Waals surface area (Å²) < 4.78 is 7.22. The lowest BCUT2D eigenvalue weighted by atomic mass is 9.95. The number of ketones is 1. The van der Waals surface area contributed by atoms with Crippen molar-refractivity contribution in [1.82, 2.24) is 4.98 Å². The van der Waals surface area contributed by atoms with Gasteiger partial charge in [0, 0.05) is 10.0 Å². The molecule has 0 aliphatic carbocycles. The van der Waals surface area contributed by atoms with Gasteiger partial charge in [-0.2, -0.15) is 0 Å². The van der Waals surface area contributed by atoms with E-state index in [0.29, 0.717) is 28.6 Å². The van der Waals surface area contributed by atoms with Gasteiger partial charge >= 0.3 is 5.91 Å². The summed E-state index contributed by atoms with van der Waals surface area (Å²) in [5, 5.41) is 11.7. The second-order valence-corrected chi connectivity index (χ2v) is 10.3. The van der Waals surface area contributed by atoms with Crippen molar-refractivity contribution < 1.29 is 19.4 Å². The van der Waals surface area contributed by atoms with Crippen LogP contribution in [0.25, 0.3) is 16.0 Å². The number of rotatable bonds is 6. The molecule has 0 saturated carbocycles. The third-order valence-corrected chi connectivity index (χ3v) is 7.61. The molecule has 0 radical (unpaired) electrons. The molecule has 1 aromatic heterocycles. The smallest absolute Gasteiger partial charge is 0.301 e. The summed E-state index contributed by atoms with van der Waals surface area (Å²) in [5.74, 6) is -1.06. The fraction of sp³-hybridized carbons (Fsp3) is 0.179. The highest BCUT2D eigenvalue weighted by Gasteiger charge is 2.48. The van der Waals surface area contributed by atoms with Gasteiger partial charge in [0.2, 0.25) is 0 Å². The number of hydrogen-bond acceptors (Lipinski definition) is 6. The summed E-state index contributed by atoms with van der Waals surface area (Å²) in [6.45, 7) is 4.48. The van der Waals surface area contributed by atoms with Crippen molar-refractivity contribution in [3.05, 3.63) is 93.5 Å². The molecule has 6 nitrogen and oxygen atoms in total. The molecule has 1 aliphatic rings. The van der Waals surface area contributed by atoms with Crippen LogP contribution in [0.3, 0.4) is 0 Å². The second-order valence-electron chi connectivity index (χ2n) is 8.33. The van der Waals surface area contributed by atoms with Crippen molar-refractivity contribution in [2.75, 3.05) is 11.5 Å². The van der Waals surface area contributed by atoms with Crippen LogP contribution in [0.4, 0.5) is 5.13 Å². The minimum atomic E-state index is -0.833. The number of anilines is 1. The molecule has 36 heavy (non-hydrogen) atoms. The molecular formula is C28H23BrN2O4S. The van der Waals surface area contributed by atoms with Gasteiger partial charge < -0.3 is 9.84 Å².